The molecule has 20 heavy (non-hydrogen) atoms. The fraction of sp³-hybridized carbons (Fsp3) is 0.308. The van der Waals surface area contributed by atoms with Gasteiger partial charge in [-0.1, -0.05) is 23.2 Å². The number of rotatable bonds is 3. The van der Waals surface area contributed by atoms with Crippen LogP contribution in [0.3, 0.4) is 0 Å². The van der Waals surface area contributed by atoms with Gasteiger partial charge in [0, 0.05) is 24.8 Å². The SMILES string of the molecule is CC(=O)N(CN1C(=O)CCC1=O)c1cc(Cl)ccc1Cl. The number of carbonyl (C=O) groups is 3. The average Bonchev–Trinajstić information content (AvgIpc) is 2.69. The van der Waals surface area contributed by atoms with Gasteiger partial charge in [-0.2, -0.15) is 0 Å². The number of likely N-dealkylation sites (tertiary alicyclic amines) is 1. The molecule has 0 unspecified atom stereocenters. The molecule has 7 heteroatoms. The molecular formula is C13H12Cl2N2O3. The summed E-state index contributed by atoms with van der Waals surface area (Å²) >= 11 is 11.9. The average molecular weight is 315 g/mol. The van der Waals surface area contributed by atoms with Gasteiger partial charge in [0.1, 0.15) is 6.67 Å². The minimum atomic E-state index is -0.332. The van der Waals surface area contributed by atoms with E-state index in [1.165, 1.54) is 17.9 Å². The Hall–Kier alpha value is -1.59. The molecule has 1 fully saturated rings. The largest absolute Gasteiger partial charge is 0.292 e. The number of halogens is 2. The van der Waals surface area contributed by atoms with Crippen molar-refractivity contribution >= 4 is 46.6 Å². The molecule has 0 radical (unpaired) electrons. The summed E-state index contributed by atoms with van der Waals surface area (Å²) in [4.78, 5) is 37.4. The number of imide groups is 1. The molecule has 0 N–H and O–H groups in total. The van der Waals surface area contributed by atoms with Crippen molar-refractivity contribution in [1.29, 1.82) is 0 Å². The van der Waals surface area contributed by atoms with Crippen LogP contribution < -0.4 is 4.90 Å². The number of carbonyl (C=O) groups excluding carboxylic acids is 3. The van der Waals surface area contributed by atoms with Crippen molar-refractivity contribution in [2.24, 2.45) is 0 Å². The lowest BCUT2D eigenvalue weighted by Gasteiger charge is -2.26. The summed E-state index contributed by atoms with van der Waals surface area (Å²) in [5.41, 5.74) is 0.374. The number of amides is 3. The third kappa shape index (κ3) is 2.94. The molecule has 5 nitrogen and oxygen atoms in total. The van der Waals surface area contributed by atoms with Crippen LogP contribution in [-0.2, 0) is 14.4 Å². The van der Waals surface area contributed by atoms with Gasteiger partial charge in [0.15, 0.2) is 0 Å². The van der Waals surface area contributed by atoms with E-state index < -0.39 is 0 Å². The Balaban J connectivity index is 2.32. The first-order chi connectivity index (χ1) is 9.40. The lowest BCUT2D eigenvalue weighted by molar-refractivity contribution is -0.138. The lowest BCUT2D eigenvalue weighted by Crippen LogP contribution is -2.43. The van der Waals surface area contributed by atoms with Crippen LogP contribution in [0, 0.1) is 0 Å². The van der Waals surface area contributed by atoms with Gasteiger partial charge in [-0.3, -0.25) is 24.2 Å². The molecule has 0 atom stereocenters. The summed E-state index contributed by atoms with van der Waals surface area (Å²) in [5, 5.41) is 0.735. The van der Waals surface area contributed by atoms with Crippen LogP contribution in [0.4, 0.5) is 5.69 Å². The number of anilines is 1. The van der Waals surface area contributed by atoms with Crippen molar-refractivity contribution < 1.29 is 14.4 Å². The molecule has 0 aliphatic carbocycles. The standard InChI is InChI=1S/C13H12Cl2N2O3/c1-8(18)16(7-17-12(19)4-5-13(17)20)11-6-9(14)2-3-10(11)15/h2-3,6H,4-5,7H2,1H3. The quantitative estimate of drug-likeness (QED) is 0.805. The molecule has 0 saturated carbocycles. The third-order valence-corrected chi connectivity index (χ3v) is 3.57. The van der Waals surface area contributed by atoms with E-state index in [4.69, 9.17) is 23.2 Å². The Kier molecular flexibility index (Phi) is 4.30. The van der Waals surface area contributed by atoms with Gasteiger partial charge in [-0.05, 0) is 18.2 Å². The minimum Gasteiger partial charge on any atom is -0.292 e. The monoisotopic (exact) mass is 314 g/mol. The molecule has 0 spiro atoms. The summed E-state index contributed by atoms with van der Waals surface area (Å²) in [6.07, 6.45) is 0.349. The van der Waals surface area contributed by atoms with E-state index in [2.05, 4.69) is 0 Å². The van der Waals surface area contributed by atoms with Crippen molar-refractivity contribution in [2.75, 3.05) is 11.6 Å². The van der Waals surface area contributed by atoms with Crippen LogP contribution in [0.5, 0.6) is 0 Å². The molecule has 1 saturated heterocycles. The fourth-order valence-electron chi connectivity index (χ4n) is 1.96. The number of hydrogen-bond acceptors (Lipinski definition) is 3. The Morgan fingerprint density at radius 1 is 1.25 bits per heavy atom. The summed E-state index contributed by atoms with van der Waals surface area (Å²) in [6, 6.07) is 4.68. The van der Waals surface area contributed by atoms with E-state index in [-0.39, 0.29) is 37.2 Å². The molecule has 2 rings (SSSR count). The number of nitrogens with zero attached hydrogens (tertiary/aromatic N) is 2. The first kappa shape index (κ1) is 14.8. The zero-order valence-corrected chi connectivity index (χ0v) is 12.2. The zero-order chi connectivity index (χ0) is 14.9. The van der Waals surface area contributed by atoms with Gasteiger partial charge in [0.2, 0.25) is 17.7 Å². The molecular weight excluding hydrogens is 303 g/mol. The number of hydrogen-bond donors (Lipinski definition) is 0. The van der Waals surface area contributed by atoms with Crippen molar-refractivity contribution in [1.82, 2.24) is 4.90 Å². The highest BCUT2D eigenvalue weighted by molar-refractivity contribution is 6.35. The van der Waals surface area contributed by atoms with Crippen LogP contribution in [0.15, 0.2) is 18.2 Å². The van der Waals surface area contributed by atoms with Crippen LogP contribution >= 0.6 is 23.2 Å². The van der Waals surface area contributed by atoms with Gasteiger partial charge in [-0.25, -0.2) is 0 Å². The lowest BCUT2D eigenvalue weighted by atomic mass is 10.3. The van der Waals surface area contributed by atoms with E-state index in [1.54, 1.807) is 12.1 Å². The second-order valence-corrected chi connectivity index (χ2v) is 5.24. The second-order valence-electron chi connectivity index (χ2n) is 4.40. The Morgan fingerprint density at radius 3 is 2.40 bits per heavy atom. The highest BCUT2D eigenvalue weighted by Crippen LogP contribution is 2.30. The smallest absolute Gasteiger partial charge is 0.231 e. The van der Waals surface area contributed by atoms with E-state index in [9.17, 15) is 14.4 Å². The van der Waals surface area contributed by atoms with Crippen molar-refractivity contribution in [3.8, 4) is 0 Å². The van der Waals surface area contributed by atoms with Gasteiger partial charge in [-0.15, -0.1) is 0 Å². The van der Waals surface area contributed by atoms with Crippen molar-refractivity contribution in [3.05, 3.63) is 28.2 Å². The molecule has 1 aliphatic rings. The maximum atomic E-state index is 11.8. The summed E-state index contributed by atoms with van der Waals surface area (Å²) in [7, 11) is 0. The maximum Gasteiger partial charge on any atom is 0.231 e. The molecule has 0 aromatic heterocycles. The Labute approximate surface area is 126 Å². The molecule has 106 valence electrons. The Bertz CT molecular complexity index is 573. The molecule has 3 amide bonds. The van der Waals surface area contributed by atoms with Gasteiger partial charge < -0.3 is 0 Å². The third-order valence-electron chi connectivity index (χ3n) is 3.02. The Morgan fingerprint density at radius 2 is 1.85 bits per heavy atom. The topological polar surface area (TPSA) is 57.7 Å². The normalized spacial score (nSPS) is 14.8. The zero-order valence-electron chi connectivity index (χ0n) is 10.7. The van der Waals surface area contributed by atoms with E-state index in [1.807, 2.05) is 0 Å². The van der Waals surface area contributed by atoms with Gasteiger partial charge in [0.05, 0.1) is 10.7 Å². The van der Waals surface area contributed by atoms with E-state index in [0.717, 1.165) is 4.90 Å². The highest BCUT2D eigenvalue weighted by atomic mass is 35.5. The second kappa shape index (κ2) is 5.81. The fourth-order valence-corrected chi connectivity index (χ4v) is 2.35. The van der Waals surface area contributed by atoms with Crippen LogP contribution in [0.25, 0.3) is 0 Å². The van der Waals surface area contributed by atoms with Crippen molar-refractivity contribution in [2.45, 2.75) is 19.8 Å². The first-order valence-electron chi connectivity index (χ1n) is 5.96. The molecule has 1 aromatic rings. The summed E-state index contributed by atoms with van der Waals surface area (Å²) < 4.78 is 0. The molecule has 1 aromatic carbocycles. The summed E-state index contributed by atoms with van der Waals surface area (Å²) in [6.45, 7) is 1.19. The predicted molar refractivity (Wildman–Crippen MR) is 75.6 cm³/mol. The highest BCUT2D eigenvalue weighted by Gasteiger charge is 2.31. The summed E-state index contributed by atoms with van der Waals surface area (Å²) in [5.74, 6) is -0.916. The van der Waals surface area contributed by atoms with Crippen LogP contribution in [-0.4, -0.2) is 29.3 Å². The first-order valence-corrected chi connectivity index (χ1v) is 6.72. The minimum absolute atomic E-state index is 0.146. The molecule has 1 heterocycles. The maximum absolute atomic E-state index is 11.8. The van der Waals surface area contributed by atoms with Gasteiger partial charge >= 0.3 is 0 Å². The molecule has 0 bridgehead atoms. The van der Waals surface area contributed by atoms with Crippen LogP contribution in [0.2, 0.25) is 10.0 Å². The number of benzene rings is 1. The van der Waals surface area contributed by atoms with E-state index in [0.29, 0.717) is 15.7 Å². The predicted octanol–water partition coefficient (Wildman–Crippen LogP) is 2.45. The van der Waals surface area contributed by atoms with Crippen molar-refractivity contribution in [3.63, 3.8) is 0 Å². The molecule has 1 aliphatic heterocycles. The van der Waals surface area contributed by atoms with E-state index >= 15 is 0 Å². The van der Waals surface area contributed by atoms with Gasteiger partial charge in [0.25, 0.3) is 0 Å². The van der Waals surface area contributed by atoms with Crippen LogP contribution in [0.1, 0.15) is 19.8 Å².